The molecular formula is C19H28N2O6. The van der Waals surface area contributed by atoms with E-state index in [0.29, 0.717) is 19.6 Å². The number of ether oxygens (including phenoxy) is 3. The lowest BCUT2D eigenvalue weighted by Crippen LogP contribution is -2.48. The molecule has 1 fully saturated rings. The van der Waals surface area contributed by atoms with Gasteiger partial charge in [0.2, 0.25) is 0 Å². The first-order valence-electron chi connectivity index (χ1n) is 9.34. The molecule has 1 saturated heterocycles. The highest BCUT2D eigenvalue weighted by molar-refractivity contribution is 5.65. The van der Waals surface area contributed by atoms with Gasteiger partial charge in [0.1, 0.15) is 12.4 Å². The molecule has 2 unspecified atom stereocenters. The third kappa shape index (κ3) is 5.24. The molecule has 0 aliphatic carbocycles. The van der Waals surface area contributed by atoms with Gasteiger partial charge in [-0.2, -0.15) is 0 Å². The predicted molar refractivity (Wildman–Crippen MR) is 99.4 cm³/mol. The van der Waals surface area contributed by atoms with Crippen LogP contribution in [0.25, 0.3) is 0 Å². The summed E-state index contributed by atoms with van der Waals surface area (Å²) in [6, 6.07) is 5.98. The molecule has 1 aromatic carbocycles. The van der Waals surface area contributed by atoms with Gasteiger partial charge in [-0.05, 0) is 24.1 Å². The van der Waals surface area contributed by atoms with Gasteiger partial charge in [0.25, 0.3) is 0 Å². The first-order valence-corrected chi connectivity index (χ1v) is 9.34. The largest absolute Gasteiger partial charge is 0.490 e. The van der Waals surface area contributed by atoms with E-state index in [1.807, 2.05) is 12.1 Å². The van der Waals surface area contributed by atoms with Crippen LogP contribution >= 0.6 is 0 Å². The number of amides is 1. The standard InChI is InChI=1S/C19H28N2O6/c1-25-7-2-5-20-6-8-26-18-4-3-14(9-17(18)20)13-27-16-10-15(22)11-21(12-16)19(23)24/h3-4,9,15-16,22H,2,5-8,10-13H2,1H3,(H,23,24). The van der Waals surface area contributed by atoms with E-state index < -0.39 is 12.2 Å². The summed E-state index contributed by atoms with van der Waals surface area (Å²) in [5.41, 5.74) is 2.05. The minimum Gasteiger partial charge on any atom is -0.490 e. The molecule has 27 heavy (non-hydrogen) atoms. The fraction of sp³-hybridized carbons (Fsp3) is 0.632. The number of carbonyl (C=O) groups is 1. The van der Waals surface area contributed by atoms with E-state index in [1.54, 1.807) is 7.11 Å². The minimum absolute atomic E-state index is 0.141. The summed E-state index contributed by atoms with van der Waals surface area (Å²) in [4.78, 5) is 14.7. The molecule has 2 N–H and O–H groups in total. The molecule has 0 saturated carbocycles. The number of carboxylic acid groups (broad SMARTS) is 1. The summed E-state index contributed by atoms with van der Waals surface area (Å²) in [5, 5.41) is 19.0. The number of aliphatic hydroxyl groups excluding tert-OH is 1. The quantitative estimate of drug-likeness (QED) is 0.694. The molecule has 8 heteroatoms. The highest BCUT2D eigenvalue weighted by atomic mass is 16.5. The van der Waals surface area contributed by atoms with E-state index >= 15 is 0 Å². The Balaban J connectivity index is 1.61. The van der Waals surface area contributed by atoms with Crippen molar-refractivity contribution in [2.24, 2.45) is 0 Å². The molecule has 8 nitrogen and oxygen atoms in total. The van der Waals surface area contributed by atoms with Crippen molar-refractivity contribution < 1.29 is 29.2 Å². The Morgan fingerprint density at radius 3 is 3.00 bits per heavy atom. The second kappa shape index (κ2) is 9.25. The highest BCUT2D eigenvalue weighted by Crippen LogP contribution is 2.33. The van der Waals surface area contributed by atoms with E-state index in [2.05, 4.69) is 11.0 Å². The van der Waals surface area contributed by atoms with Gasteiger partial charge in [0.15, 0.2) is 0 Å². The van der Waals surface area contributed by atoms with Crippen LogP contribution in [0, 0.1) is 0 Å². The van der Waals surface area contributed by atoms with Crippen molar-refractivity contribution in [1.29, 1.82) is 0 Å². The number of fused-ring (bicyclic) bond motifs is 1. The summed E-state index contributed by atoms with van der Waals surface area (Å²) in [7, 11) is 1.70. The number of nitrogens with zero attached hydrogens (tertiary/aromatic N) is 2. The SMILES string of the molecule is COCCCN1CCOc2ccc(COC3CC(O)CN(C(=O)O)C3)cc21. The van der Waals surface area contributed by atoms with Crippen LogP contribution in [0.15, 0.2) is 18.2 Å². The average Bonchev–Trinajstić information content (AvgIpc) is 2.66. The Morgan fingerprint density at radius 1 is 1.37 bits per heavy atom. The Hall–Kier alpha value is -2.03. The topological polar surface area (TPSA) is 91.7 Å². The third-order valence-corrected chi connectivity index (χ3v) is 4.91. The molecule has 2 aliphatic heterocycles. The molecule has 1 aromatic rings. The summed E-state index contributed by atoms with van der Waals surface area (Å²) < 4.78 is 16.8. The number of methoxy groups -OCH3 is 1. The molecule has 2 heterocycles. The van der Waals surface area contributed by atoms with Crippen molar-refractivity contribution in [2.75, 3.05) is 51.4 Å². The van der Waals surface area contributed by atoms with Gasteiger partial charge in [0, 0.05) is 26.7 Å². The Kier molecular flexibility index (Phi) is 6.76. The van der Waals surface area contributed by atoms with Crippen LogP contribution in [0.1, 0.15) is 18.4 Å². The maximum atomic E-state index is 11.2. The van der Waals surface area contributed by atoms with Crippen LogP contribution in [0.2, 0.25) is 0 Å². The van der Waals surface area contributed by atoms with Crippen molar-refractivity contribution in [1.82, 2.24) is 4.90 Å². The van der Waals surface area contributed by atoms with Crippen LogP contribution in [-0.2, 0) is 16.1 Å². The second-order valence-electron chi connectivity index (χ2n) is 6.99. The lowest BCUT2D eigenvalue weighted by atomic mass is 10.1. The third-order valence-electron chi connectivity index (χ3n) is 4.91. The van der Waals surface area contributed by atoms with Gasteiger partial charge in [-0.15, -0.1) is 0 Å². The smallest absolute Gasteiger partial charge is 0.407 e. The van der Waals surface area contributed by atoms with Gasteiger partial charge >= 0.3 is 6.09 Å². The average molecular weight is 380 g/mol. The second-order valence-corrected chi connectivity index (χ2v) is 6.99. The number of hydrogen-bond donors (Lipinski definition) is 2. The monoisotopic (exact) mass is 380 g/mol. The molecule has 0 spiro atoms. The zero-order chi connectivity index (χ0) is 19.2. The lowest BCUT2D eigenvalue weighted by molar-refractivity contribution is -0.0483. The summed E-state index contributed by atoms with van der Waals surface area (Å²) >= 11 is 0. The highest BCUT2D eigenvalue weighted by Gasteiger charge is 2.29. The van der Waals surface area contributed by atoms with E-state index in [4.69, 9.17) is 19.3 Å². The van der Waals surface area contributed by atoms with E-state index in [-0.39, 0.29) is 19.2 Å². The Morgan fingerprint density at radius 2 is 2.22 bits per heavy atom. The number of benzene rings is 1. The molecule has 0 radical (unpaired) electrons. The molecule has 3 rings (SSSR count). The number of piperidine rings is 1. The number of hydrogen-bond acceptors (Lipinski definition) is 6. The zero-order valence-electron chi connectivity index (χ0n) is 15.7. The fourth-order valence-electron chi connectivity index (χ4n) is 3.56. The van der Waals surface area contributed by atoms with Gasteiger partial charge < -0.3 is 34.2 Å². The van der Waals surface area contributed by atoms with Crippen LogP contribution in [-0.4, -0.2) is 79.9 Å². The van der Waals surface area contributed by atoms with Crippen molar-refractivity contribution in [2.45, 2.75) is 31.7 Å². The molecule has 0 aromatic heterocycles. The number of likely N-dealkylation sites (tertiary alicyclic amines) is 1. The van der Waals surface area contributed by atoms with Gasteiger partial charge in [0.05, 0.1) is 44.1 Å². The predicted octanol–water partition coefficient (Wildman–Crippen LogP) is 1.55. The van der Waals surface area contributed by atoms with Crippen LogP contribution in [0.5, 0.6) is 5.75 Å². The Labute approximate surface area is 159 Å². The summed E-state index contributed by atoms with van der Waals surface area (Å²) in [5.74, 6) is 0.868. The number of anilines is 1. The van der Waals surface area contributed by atoms with Crippen molar-refractivity contribution >= 4 is 11.8 Å². The van der Waals surface area contributed by atoms with Gasteiger partial charge in [-0.25, -0.2) is 4.79 Å². The van der Waals surface area contributed by atoms with E-state index in [0.717, 1.165) is 43.1 Å². The zero-order valence-corrected chi connectivity index (χ0v) is 15.7. The molecular weight excluding hydrogens is 352 g/mol. The van der Waals surface area contributed by atoms with Crippen molar-refractivity contribution in [3.05, 3.63) is 23.8 Å². The fourth-order valence-corrected chi connectivity index (χ4v) is 3.56. The summed E-state index contributed by atoms with van der Waals surface area (Å²) in [6.07, 6.45) is -0.634. The van der Waals surface area contributed by atoms with Gasteiger partial charge in [-0.1, -0.05) is 6.07 Å². The first kappa shape index (κ1) is 19.7. The maximum Gasteiger partial charge on any atom is 0.407 e. The van der Waals surface area contributed by atoms with Crippen molar-refractivity contribution in [3.8, 4) is 5.75 Å². The number of aliphatic hydroxyl groups is 1. The van der Waals surface area contributed by atoms with Crippen LogP contribution in [0.3, 0.4) is 0 Å². The van der Waals surface area contributed by atoms with E-state index in [9.17, 15) is 9.90 Å². The number of β-amino-alcohol motifs (C(OH)–C–C–N with tert-alkyl or cyclic N) is 1. The summed E-state index contributed by atoms with van der Waals surface area (Å²) in [6.45, 7) is 3.91. The molecule has 2 atom stereocenters. The van der Waals surface area contributed by atoms with Crippen molar-refractivity contribution in [3.63, 3.8) is 0 Å². The maximum absolute atomic E-state index is 11.2. The first-order chi connectivity index (χ1) is 13.1. The molecule has 150 valence electrons. The molecule has 1 amide bonds. The Bertz CT molecular complexity index is 641. The van der Waals surface area contributed by atoms with E-state index in [1.165, 1.54) is 4.90 Å². The van der Waals surface area contributed by atoms with Crippen LogP contribution < -0.4 is 9.64 Å². The van der Waals surface area contributed by atoms with Gasteiger partial charge in [-0.3, -0.25) is 0 Å². The molecule has 2 aliphatic rings. The van der Waals surface area contributed by atoms with Crippen LogP contribution in [0.4, 0.5) is 10.5 Å². The molecule has 0 bridgehead atoms. The lowest BCUT2D eigenvalue weighted by Gasteiger charge is -2.34. The minimum atomic E-state index is -1.03. The number of rotatable bonds is 7. The normalized spacial score (nSPS) is 22.3.